The summed E-state index contributed by atoms with van der Waals surface area (Å²) in [5, 5.41) is 12.1. The summed E-state index contributed by atoms with van der Waals surface area (Å²) in [5.41, 5.74) is 2.52. The second kappa shape index (κ2) is 8.83. The number of carbonyl (C=O) groups is 2. The van der Waals surface area contributed by atoms with Gasteiger partial charge in [-0.2, -0.15) is 0 Å². The zero-order valence-electron chi connectivity index (χ0n) is 14.5. The van der Waals surface area contributed by atoms with Gasteiger partial charge in [-0.1, -0.05) is 31.2 Å². The maximum atomic E-state index is 12.0. The van der Waals surface area contributed by atoms with Gasteiger partial charge < -0.3 is 15.2 Å². The molecule has 0 aromatic heterocycles. The predicted octanol–water partition coefficient (Wildman–Crippen LogP) is 2.88. The number of hydrogen-bond acceptors (Lipinski definition) is 3. The van der Waals surface area contributed by atoms with Gasteiger partial charge in [0.25, 0.3) is 0 Å². The van der Waals surface area contributed by atoms with Gasteiger partial charge in [-0.05, 0) is 56.1 Å². The number of fused-ring (bicyclic) bond motifs is 1. The average molecular weight is 333 g/mol. The third-order valence-electron chi connectivity index (χ3n) is 4.72. The highest BCUT2D eigenvalue weighted by Crippen LogP contribution is 2.34. The van der Waals surface area contributed by atoms with Gasteiger partial charge in [0.2, 0.25) is 5.91 Å². The Labute approximate surface area is 143 Å². The number of ether oxygens (including phenoxy) is 1. The molecule has 24 heavy (non-hydrogen) atoms. The van der Waals surface area contributed by atoms with Crippen molar-refractivity contribution < 1.29 is 19.4 Å². The molecule has 2 N–H and O–H groups in total. The summed E-state index contributed by atoms with van der Waals surface area (Å²) >= 11 is 0. The highest BCUT2D eigenvalue weighted by atomic mass is 16.5. The lowest BCUT2D eigenvalue weighted by atomic mass is 9.79. The highest BCUT2D eigenvalue weighted by molar-refractivity contribution is 5.84. The molecule has 0 saturated heterocycles. The minimum Gasteiger partial charge on any atom is -0.480 e. The molecule has 3 unspecified atom stereocenters. The summed E-state index contributed by atoms with van der Waals surface area (Å²) in [6.45, 7) is 3.77. The van der Waals surface area contributed by atoms with E-state index in [9.17, 15) is 14.7 Å². The van der Waals surface area contributed by atoms with Crippen LogP contribution in [0.4, 0.5) is 0 Å². The number of rotatable bonds is 8. The molecule has 1 aliphatic carbocycles. The lowest BCUT2D eigenvalue weighted by Crippen LogP contribution is -2.43. The molecule has 2 rings (SSSR count). The number of amides is 1. The van der Waals surface area contributed by atoms with Crippen LogP contribution in [0.5, 0.6) is 0 Å². The number of hydrogen-bond donors (Lipinski definition) is 2. The van der Waals surface area contributed by atoms with Gasteiger partial charge in [0.15, 0.2) is 0 Å². The van der Waals surface area contributed by atoms with Gasteiger partial charge in [-0.15, -0.1) is 0 Å². The van der Waals surface area contributed by atoms with E-state index in [0.29, 0.717) is 6.42 Å². The van der Waals surface area contributed by atoms with Crippen molar-refractivity contribution in [1.29, 1.82) is 0 Å². The van der Waals surface area contributed by atoms with Gasteiger partial charge in [0.05, 0.1) is 6.10 Å². The van der Waals surface area contributed by atoms with Crippen molar-refractivity contribution in [3.63, 3.8) is 0 Å². The fraction of sp³-hybridized carbons (Fsp3) is 0.579. The van der Waals surface area contributed by atoms with Crippen LogP contribution < -0.4 is 5.32 Å². The molecule has 0 aliphatic heterocycles. The molecule has 1 aromatic rings. The third kappa shape index (κ3) is 5.06. The summed E-state index contributed by atoms with van der Waals surface area (Å²) in [4.78, 5) is 23.5. The van der Waals surface area contributed by atoms with Gasteiger partial charge in [-0.25, -0.2) is 4.79 Å². The molecule has 3 atom stereocenters. The monoisotopic (exact) mass is 333 g/mol. The first-order chi connectivity index (χ1) is 11.5. The van der Waals surface area contributed by atoms with E-state index >= 15 is 0 Å². The highest BCUT2D eigenvalue weighted by Gasteiger charge is 2.28. The topological polar surface area (TPSA) is 75.6 Å². The molecular formula is C19H27NO4. The van der Waals surface area contributed by atoms with Crippen LogP contribution in [0.15, 0.2) is 24.3 Å². The second-order valence-electron chi connectivity index (χ2n) is 6.51. The van der Waals surface area contributed by atoms with E-state index in [2.05, 4.69) is 17.4 Å². The minimum atomic E-state index is -0.991. The van der Waals surface area contributed by atoms with Gasteiger partial charge in [0, 0.05) is 0 Å². The number of carboxylic acids is 1. The zero-order valence-corrected chi connectivity index (χ0v) is 14.5. The molecule has 0 spiro atoms. The van der Waals surface area contributed by atoms with Crippen LogP contribution >= 0.6 is 0 Å². The first kappa shape index (κ1) is 18.5. The Balaban J connectivity index is 1.97. The summed E-state index contributed by atoms with van der Waals surface area (Å²) in [6.07, 6.45) is 4.28. The number of carboxylic acid groups (broad SMARTS) is 1. The number of carbonyl (C=O) groups excluding carboxylic acids is 1. The summed E-state index contributed by atoms with van der Waals surface area (Å²) in [5.74, 6) is -1.19. The third-order valence-corrected chi connectivity index (χ3v) is 4.72. The van der Waals surface area contributed by atoms with Crippen LogP contribution in [-0.2, 0) is 20.7 Å². The second-order valence-corrected chi connectivity index (χ2v) is 6.51. The van der Waals surface area contributed by atoms with E-state index in [-0.39, 0.29) is 24.5 Å². The standard InChI is InChI=1S/C19H27NO4/c1-3-13(2)24-12-18(21)20-17(19(22)23)11-15-9-6-8-14-7-4-5-10-16(14)15/h4-5,7,10,13,15,17H,3,6,8-9,11-12H2,1-2H3,(H,20,21)(H,22,23). The Bertz CT molecular complexity index is 572. The SMILES string of the molecule is CCC(C)OCC(=O)NC(CC1CCCc2ccccc21)C(=O)O. The zero-order chi connectivity index (χ0) is 17.5. The number of aryl methyl sites for hydroxylation is 1. The van der Waals surface area contributed by atoms with Crippen molar-refractivity contribution >= 4 is 11.9 Å². The average Bonchev–Trinajstić information content (AvgIpc) is 2.59. The maximum absolute atomic E-state index is 12.0. The van der Waals surface area contributed by atoms with Crippen LogP contribution in [0, 0.1) is 0 Å². The van der Waals surface area contributed by atoms with Crippen molar-refractivity contribution in [3.05, 3.63) is 35.4 Å². The van der Waals surface area contributed by atoms with Crippen LogP contribution in [-0.4, -0.2) is 35.7 Å². The molecule has 1 aromatic carbocycles. The van der Waals surface area contributed by atoms with Crippen molar-refractivity contribution in [2.45, 2.75) is 64.0 Å². The lowest BCUT2D eigenvalue weighted by Gasteiger charge is -2.28. The fourth-order valence-corrected chi connectivity index (χ4v) is 3.18. The van der Waals surface area contributed by atoms with Crippen molar-refractivity contribution in [1.82, 2.24) is 5.32 Å². The van der Waals surface area contributed by atoms with Crippen LogP contribution in [0.3, 0.4) is 0 Å². The van der Waals surface area contributed by atoms with Crippen LogP contribution in [0.1, 0.15) is 56.6 Å². The van der Waals surface area contributed by atoms with Crippen LogP contribution in [0.25, 0.3) is 0 Å². The molecule has 0 saturated carbocycles. The lowest BCUT2D eigenvalue weighted by molar-refractivity contribution is -0.143. The largest absolute Gasteiger partial charge is 0.480 e. The molecule has 0 fully saturated rings. The molecule has 1 aliphatic rings. The van der Waals surface area contributed by atoms with E-state index in [0.717, 1.165) is 25.7 Å². The van der Waals surface area contributed by atoms with Crippen molar-refractivity contribution in [2.24, 2.45) is 0 Å². The Morgan fingerprint density at radius 3 is 2.83 bits per heavy atom. The van der Waals surface area contributed by atoms with E-state index in [1.165, 1.54) is 11.1 Å². The van der Waals surface area contributed by atoms with E-state index in [1.807, 2.05) is 26.0 Å². The van der Waals surface area contributed by atoms with Crippen LogP contribution in [0.2, 0.25) is 0 Å². The summed E-state index contributed by atoms with van der Waals surface area (Å²) in [6, 6.07) is 7.31. The molecule has 0 bridgehead atoms. The fourth-order valence-electron chi connectivity index (χ4n) is 3.18. The van der Waals surface area contributed by atoms with E-state index in [4.69, 9.17) is 4.74 Å². The summed E-state index contributed by atoms with van der Waals surface area (Å²) in [7, 11) is 0. The Kier molecular flexibility index (Phi) is 6.79. The normalized spacial score (nSPS) is 19.2. The van der Waals surface area contributed by atoms with Gasteiger partial charge >= 0.3 is 5.97 Å². The number of benzene rings is 1. The van der Waals surface area contributed by atoms with E-state index < -0.39 is 12.0 Å². The van der Waals surface area contributed by atoms with Gasteiger partial charge in [0.1, 0.15) is 12.6 Å². The smallest absolute Gasteiger partial charge is 0.326 e. The first-order valence-corrected chi connectivity index (χ1v) is 8.72. The molecule has 5 nitrogen and oxygen atoms in total. The molecule has 5 heteroatoms. The Morgan fingerprint density at radius 1 is 1.38 bits per heavy atom. The molecular weight excluding hydrogens is 306 g/mol. The quantitative estimate of drug-likeness (QED) is 0.767. The minimum absolute atomic E-state index is 0.00995. The molecule has 0 radical (unpaired) electrons. The van der Waals surface area contributed by atoms with E-state index in [1.54, 1.807) is 0 Å². The predicted molar refractivity (Wildman–Crippen MR) is 92.0 cm³/mol. The number of aliphatic carboxylic acids is 1. The van der Waals surface area contributed by atoms with Gasteiger partial charge in [-0.3, -0.25) is 4.79 Å². The first-order valence-electron chi connectivity index (χ1n) is 8.72. The number of nitrogens with one attached hydrogen (secondary N) is 1. The molecule has 0 heterocycles. The Morgan fingerprint density at radius 2 is 2.12 bits per heavy atom. The molecule has 132 valence electrons. The molecule has 1 amide bonds. The maximum Gasteiger partial charge on any atom is 0.326 e. The Hall–Kier alpha value is -1.88. The summed E-state index contributed by atoms with van der Waals surface area (Å²) < 4.78 is 5.37. The van der Waals surface area contributed by atoms with Crippen molar-refractivity contribution in [3.8, 4) is 0 Å². The van der Waals surface area contributed by atoms with Crippen molar-refractivity contribution in [2.75, 3.05) is 6.61 Å².